The van der Waals surface area contributed by atoms with Crippen molar-refractivity contribution >= 4 is 87.0 Å². The third kappa shape index (κ3) is 2.46. The van der Waals surface area contributed by atoms with Gasteiger partial charge in [0.1, 0.15) is 0 Å². The molecule has 10 aromatic rings. The second-order valence-electron chi connectivity index (χ2n) is 10.9. The topological polar surface area (TPSA) is 63.2 Å². The van der Waals surface area contributed by atoms with Crippen LogP contribution in [0.5, 0.6) is 0 Å². The number of hydrogen-bond acceptors (Lipinski definition) is 0. The van der Waals surface area contributed by atoms with Gasteiger partial charge in [-0.15, -0.1) is 0 Å². The second-order valence-corrected chi connectivity index (χ2v) is 10.9. The predicted octanol–water partition coefficient (Wildman–Crippen LogP) is 9.89. The number of benzene rings is 6. The maximum absolute atomic E-state index is 3.82. The fourth-order valence-corrected chi connectivity index (χ4v) is 7.20. The van der Waals surface area contributed by atoms with Crippen molar-refractivity contribution in [1.82, 2.24) is 19.9 Å². The maximum atomic E-state index is 3.82. The molecule has 4 aromatic heterocycles. The summed E-state index contributed by atoms with van der Waals surface area (Å²) >= 11 is 0. The van der Waals surface area contributed by atoms with Gasteiger partial charge in [-0.3, -0.25) is 0 Å². The quantitative estimate of drug-likeness (QED) is 0.170. The van der Waals surface area contributed by atoms with Crippen LogP contribution < -0.4 is 0 Å². The fraction of sp³-hybridized carbons (Fsp3) is 0. The number of nitrogens with one attached hydrogen (secondary N) is 4. The minimum absolute atomic E-state index is 1.16. The first-order valence-electron chi connectivity index (χ1n) is 13.7. The van der Waals surface area contributed by atoms with Crippen LogP contribution in [-0.2, 0) is 0 Å². The Kier molecular flexibility index (Phi) is 3.65. The summed E-state index contributed by atoms with van der Waals surface area (Å²) in [7, 11) is 0. The first kappa shape index (κ1) is 20.5. The molecule has 10 rings (SSSR count). The van der Waals surface area contributed by atoms with Crippen LogP contribution in [0.3, 0.4) is 0 Å². The molecule has 0 spiro atoms. The average Bonchev–Trinajstić information content (AvgIpc) is 3.79. The van der Waals surface area contributed by atoms with Gasteiger partial charge in [0.15, 0.2) is 0 Å². The van der Waals surface area contributed by atoms with Crippen molar-refractivity contribution in [2.75, 3.05) is 0 Å². The van der Waals surface area contributed by atoms with E-state index < -0.39 is 0 Å². The molecule has 0 bridgehead atoms. The zero-order valence-corrected chi connectivity index (χ0v) is 21.4. The van der Waals surface area contributed by atoms with Crippen LogP contribution in [0.15, 0.2) is 109 Å². The Morgan fingerprint density at radius 1 is 0.375 bits per heavy atom. The number of aromatic nitrogens is 4. The molecular formula is C36H22N4. The number of fused-ring (bicyclic) bond motifs is 14. The van der Waals surface area contributed by atoms with E-state index in [-0.39, 0.29) is 0 Å². The van der Waals surface area contributed by atoms with Crippen LogP contribution in [0.4, 0.5) is 0 Å². The Morgan fingerprint density at radius 2 is 1.10 bits per heavy atom. The van der Waals surface area contributed by atoms with Gasteiger partial charge in [-0.05, 0) is 58.8 Å². The summed E-state index contributed by atoms with van der Waals surface area (Å²) < 4.78 is 0. The van der Waals surface area contributed by atoms with Gasteiger partial charge in [-0.25, -0.2) is 0 Å². The number of para-hydroxylation sites is 2. The largest absolute Gasteiger partial charge is 0.361 e. The van der Waals surface area contributed by atoms with Crippen LogP contribution in [0.25, 0.3) is 98.1 Å². The number of H-pyrrole nitrogens is 4. The highest BCUT2D eigenvalue weighted by molar-refractivity contribution is 6.31. The van der Waals surface area contributed by atoms with E-state index >= 15 is 0 Å². The Bertz CT molecular complexity index is 2660. The fourth-order valence-electron chi connectivity index (χ4n) is 7.20. The molecule has 0 aliphatic carbocycles. The Hall–Kier alpha value is -5.48. The van der Waals surface area contributed by atoms with Crippen molar-refractivity contribution in [3.63, 3.8) is 0 Å². The van der Waals surface area contributed by atoms with Crippen LogP contribution in [0, 0.1) is 0 Å². The minimum atomic E-state index is 1.16. The number of rotatable bonds is 1. The molecule has 6 aromatic carbocycles. The van der Waals surface area contributed by atoms with Crippen LogP contribution in [-0.4, -0.2) is 19.9 Å². The van der Waals surface area contributed by atoms with Crippen molar-refractivity contribution in [2.45, 2.75) is 0 Å². The lowest BCUT2D eigenvalue weighted by atomic mass is 9.93. The van der Waals surface area contributed by atoms with E-state index in [0.29, 0.717) is 0 Å². The van der Waals surface area contributed by atoms with Crippen LogP contribution in [0.1, 0.15) is 0 Å². The molecule has 4 heterocycles. The lowest BCUT2D eigenvalue weighted by Crippen LogP contribution is -1.85. The van der Waals surface area contributed by atoms with Crippen molar-refractivity contribution < 1.29 is 0 Å². The maximum Gasteiger partial charge on any atom is 0.0546 e. The van der Waals surface area contributed by atoms with E-state index in [1.165, 1.54) is 81.5 Å². The zero-order chi connectivity index (χ0) is 25.9. The van der Waals surface area contributed by atoms with E-state index in [1.54, 1.807) is 0 Å². The average molecular weight is 511 g/mol. The SMILES string of the molecule is c1ccc2c(c1)[nH]c1ccc3cc(-c4cccc5c4[nH]c4ccc6ccc7[nH]ccc7c6c45)c4cc[nH]c4c3c12. The van der Waals surface area contributed by atoms with E-state index in [1.807, 2.05) is 6.20 Å². The molecule has 0 amide bonds. The summed E-state index contributed by atoms with van der Waals surface area (Å²) in [5.74, 6) is 0. The first-order valence-corrected chi connectivity index (χ1v) is 13.7. The molecule has 0 radical (unpaired) electrons. The Balaban J connectivity index is 1.34. The third-order valence-electron chi connectivity index (χ3n) is 8.89. The van der Waals surface area contributed by atoms with Crippen molar-refractivity contribution in [2.24, 2.45) is 0 Å². The molecule has 4 nitrogen and oxygen atoms in total. The van der Waals surface area contributed by atoms with Gasteiger partial charge in [-0.1, -0.05) is 54.6 Å². The summed E-state index contributed by atoms with van der Waals surface area (Å²) in [6.45, 7) is 0. The highest BCUT2D eigenvalue weighted by Crippen LogP contribution is 2.44. The number of aromatic amines is 4. The predicted molar refractivity (Wildman–Crippen MR) is 169 cm³/mol. The molecule has 0 fully saturated rings. The van der Waals surface area contributed by atoms with Gasteiger partial charge in [-0.2, -0.15) is 0 Å². The Morgan fingerprint density at radius 3 is 2.05 bits per heavy atom. The van der Waals surface area contributed by atoms with Gasteiger partial charge in [0.2, 0.25) is 0 Å². The summed E-state index contributed by atoms with van der Waals surface area (Å²) in [4.78, 5) is 14.4. The van der Waals surface area contributed by atoms with Gasteiger partial charge >= 0.3 is 0 Å². The van der Waals surface area contributed by atoms with E-state index in [2.05, 4.69) is 123 Å². The molecule has 0 atom stereocenters. The molecule has 4 N–H and O–H groups in total. The van der Waals surface area contributed by atoms with Crippen molar-refractivity contribution in [3.05, 3.63) is 109 Å². The van der Waals surface area contributed by atoms with E-state index in [4.69, 9.17) is 0 Å². The monoisotopic (exact) mass is 510 g/mol. The van der Waals surface area contributed by atoms with Gasteiger partial charge < -0.3 is 19.9 Å². The van der Waals surface area contributed by atoms with Crippen LogP contribution in [0.2, 0.25) is 0 Å². The van der Waals surface area contributed by atoms with Crippen molar-refractivity contribution in [3.8, 4) is 11.1 Å². The van der Waals surface area contributed by atoms with E-state index in [0.717, 1.165) is 16.6 Å². The molecule has 0 aliphatic heterocycles. The molecule has 186 valence electrons. The van der Waals surface area contributed by atoms with Crippen molar-refractivity contribution in [1.29, 1.82) is 0 Å². The molecule has 0 unspecified atom stereocenters. The molecule has 0 saturated carbocycles. The highest BCUT2D eigenvalue weighted by Gasteiger charge is 2.18. The summed E-state index contributed by atoms with van der Waals surface area (Å²) in [6, 6.07) is 35.4. The zero-order valence-electron chi connectivity index (χ0n) is 21.4. The lowest BCUT2D eigenvalue weighted by molar-refractivity contribution is 1.48. The first-order chi connectivity index (χ1) is 19.8. The summed E-state index contributed by atoms with van der Waals surface area (Å²) in [5, 5.41) is 12.6. The standard InChI is InChI=1S/C36H22N4/c1-2-7-28-23(4-1)33-29(39-28)13-10-20-18-26(22-14-17-38-36(22)32(20)33)21-5-3-6-25-34-30(40-35(21)25)12-9-19-8-11-27-24(31(19)34)15-16-37-27/h1-18,37-40H. The number of hydrogen-bond donors (Lipinski definition) is 4. The normalized spacial score (nSPS) is 12.5. The summed E-state index contributed by atoms with van der Waals surface area (Å²) in [5.41, 5.74) is 9.46. The molecule has 4 heteroatoms. The van der Waals surface area contributed by atoms with Crippen LogP contribution >= 0.6 is 0 Å². The van der Waals surface area contributed by atoms with Gasteiger partial charge in [0.25, 0.3) is 0 Å². The molecule has 0 saturated heterocycles. The van der Waals surface area contributed by atoms with Gasteiger partial charge in [0.05, 0.1) is 11.0 Å². The Labute approximate surface area is 227 Å². The third-order valence-corrected chi connectivity index (χ3v) is 8.89. The minimum Gasteiger partial charge on any atom is -0.361 e. The lowest BCUT2D eigenvalue weighted by Gasteiger charge is -2.11. The smallest absolute Gasteiger partial charge is 0.0546 e. The highest BCUT2D eigenvalue weighted by atomic mass is 14.7. The second kappa shape index (κ2) is 7.13. The molecule has 40 heavy (non-hydrogen) atoms. The van der Waals surface area contributed by atoms with E-state index in [9.17, 15) is 0 Å². The summed E-state index contributed by atoms with van der Waals surface area (Å²) in [6.07, 6.45) is 4.11. The van der Waals surface area contributed by atoms with Gasteiger partial charge in [0, 0.05) is 83.1 Å². The molecular weight excluding hydrogens is 488 g/mol. The molecule has 0 aliphatic rings.